The molecule has 28 heavy (non-hydrogen) atoms. The van der Waals surface area contributed by atoms with Crippen LogP contribution in [-0.4, -0.2) is 36.5 Å². The van der Waals surface area contributed by atoms with E-state index in [1.54, 1.807) is 12.1 Å². The minimum atomic E-state index is -0.579. The lowest BCUT2D eigenvalue weighted by Crippen LogP contribution is -2.31. The number of methoxy groups -OCH3 is 1. The maximum Gasteiger partial charge on any atom is 0.294 e. The summed E-state index contributed by atoms with van der Waals surface area (Å²) in [4.78, 5) is 17.1. The summed E-state index contributed by atoms with van der Waals surface area (Å²) in [5.74, 6) is 0.741. The van der Waals surface area contributed by atoms with Crippen LogP contribution in [0.1, 0.15) is 18.9 Å². The molecule has 0 radical (unpaired) electrons. The third-order valence-corrected chi connectivity index (χ3v) is 5.21. The van der Waals surface area contributed by atoms with Gasteiger partial charge in [0.25, 0.3) is 5.56 Å². The minimum Gasteiger partial charge on any atom is -0.497 e. The van der Waals surface area contributed by atoms with Crippen LogP contribution in [0.15, 0.2) is 23.1 Å². The van der Waals surface area contributed by atoms with E-state index in [0.717, 1.165) is 12.8 Å². The second-order valence-corrected chi connectivity index (χ2v) is 7.59. The van der Waals surface area contributed by atoms with Gasteiger partial charge in [0, 0.05) is 18.3 Å². The van der Waals surface area contributed by atoms with Crippen LogP contribution in [0.5, 0.6) is 5.75 Å². The van der Waals surface area contributed by atoms with Gasteiger partial charge in [-0.15, -0.1) is 0 Å². The van der Waals surface area contributed by atoms with Gasteiger partial charge in [-0.3, -0.25) is 4.79 Å². The average molecular weight is 451 g/mol. The van der Waals surface area contributed by atoms with Gasteiger partial charge in [-0.25, -0.2) is 9.37 Å². The number of anilines is 2. The van der Waals surface area contributed by atoms with Crippen LogP contribution in [-0.2, 0) is 4.74 Å². The van der Waals surface area contributed by atoms with E-state index in [0.29, 0.717) is 11.4 Å². The van der Waals surface area contributed by atoms with E-state index in [9.17, 15) is 9.18 Å². The van der Waals surface area contributed by atoms with Crippen molar-refractivity contribution in [2.75, 3.05) is 32.3 Å². The molecule has 0 amide bonds. The van der Waals surface area contributed by atoms with Crippen molar-refractivity contribution in [2.45, 2.75) is 18.9 Å². The predicted octanol–water partition coefficient (Wildman–Crippen LogP) is 4.89. The lowest BCUT2D eigenvalue weighted by Gasteiger charge is -2.21. The highest BCUT2D eigenvalue weighted by Crippen LogP contribution is 2.40. The Hall–Kier alpha value is -1.54. The zero-order valence-corrected chi connectivity index (χ0v) is 17.3. The molecule has 2 aromatic rings. The van der Waals surface area contributed by atoms with Crippen LogP contribution in [0.4, 0.5) is 15.9 Å². The molecule has 1 N–H and O–H groups in total. The third kappa shape index (κ3) is 4.89. The molecule has 1 saturated carbocycles. The van der Waals surface area contributed by atoms with Crippen LogP contribution in [0.3, 0.4) is 0 Å². The molecule has 152 valence electrons. The molecule has 10 heteroatoms. The smallest absolute Gasteiger partial charge is 0.294 e. The Morgan fingerprint density at radius 2 is 2.00 bits per heavy atom. The molecule has 1 aromatic heterocycles. The van der Waals surface area contributed by atoms with Crippen LogP contribution >= 0.6 is 34.8 Å². The van der Waals surface area contributed by atoms with Gasteiger partial charge in [0.2, 0.25) is 0 Å². The van der Waals surface area contributed by atoms with E-state index in [2.05, 4.69) is 10.3 Å². The summed E-state index contributed by atoms with van der Waals surface area (Å²) in [5.41, 5.74) is -0.0766. The van der Waals surface area contributed by atoms with Gasteiger partial charge in [-0.05, 0) is 18.8 Å². The highest BCUT2D eigenvalue weighted by Gasteiger charge is 2.34. The molecule has 0 unspecified atom stereocenters. The van der Waals surface area contributed by atoms with Gasteiger partial charge in [0.15, 0.2) is 5.82 Å². The zero-order valence-electron chi connectivity index (χ0n) is 15.1. The van der Waals surface area contributed by atoms with Crippen LogP contribution in [0, 0.1) is 5.92 Å². The molecule has 1 aliphatic carbocycles. The van der Waals surface area contributed by atoms with E-state index in [1.165, 1.54) is 17.9 Å². The molecule has 1 atom stereocenters. The number of nitrogens with zero attached hydrogens (tertiary/aromatic N) is 2. The molecule has 3 rings (SSSR count). The molecule has 0 bridgehead atoms. The maximum atomic E-state index is 13.0. The SMILES string of the molecule is COc1cc(Cl)c(Nc2nc(Cl)cn([C@@H](COCCF)C3CC3)c2=O)c(Cl)c1. The molecule has 6 nitrogen and oxygen atoms in total. The molecule has 1 aromatic carbocycles. The van der Waals surface area contributed by atoms with Crippen molar-refractivity contribution in [1.29, 1.82) is 0 Å². The van der Waals surface area contributed by atoms with Gasteiger partial charge in [0.1, 0.15) is 17.6 Å². The summed E-state index contributed by atoms with van der Waals surface area (Å²) in [7, 11) is 1.50. The summed E-state index contributed by atoms with van der Waals surface area (Å²) in [6, 6.07) is 2.88. The summed E-state index contributed by atoms with van der Waals surface area (Å²) in [5, 5.41) is 3.53. The Labute approximate surface area is 176 Å². The number of hydrogen-bond acceptors (Lipinski definition) is 5. The Kier molecular flexibility index (Phi) is 7.04. The number of halogens is 4. The van der Waals surface area contributed by atoms with Gasteiger partial charge < -0.3 is 19.4 Å². The first kappa shape index (κ1) is 21.2. The quantitative estimate of drug-likeness (QED) is 0.551. The van der Waals surface area contributed by atoms with E-state index >= 15 is 0 Å². The van der Waals surface area contributed by atoms with Crippen LogP contribution < -0.4 is 15.6 Å². The topological polar surface area (TPSA) is 65.4 Å². The molecular formula is C18H19Cl3FN3O3. The molecule has 0 saturated heterocycles. The zero-order chi connectivity index (χ0) is 20.3. The molecular weight excluding hydrogens is 432 g/mol. The second-order valence-electron chi connectivity index (χ2n) is 6.38. The largest absolute Gasteiger partial charge is 0.497 e. The van der Waals surface area contributed by atoms with E-state index < -0.39 is 12.2 Å². The number of nitrogens with one attached hydrogen (secondary N) is 1. The fraction of sp³-hybridized carbons (Fsp3) is 0.444. The minimum absolute atomic E-state index is 0.0149. The fourth-order valence-corrected chi connectivity index (χ4v) is 3.65. The van der Waals surface area contributed by atoms with Crippen molar-refractivity contribution in [2.24, 2.45) is 5.92 Å². The Balaban J connectivity index is 1.94. The van der Waals surface area contributed by atoms with Crippen molar-refractivity contribution in [3.05, 3.63) is 43.9 Å². The molecule has 1 fully saturated rings. The lowest BCUT2D eigenvalue weighted by molar-refractivity contribution is 0.0833. The normalized spacial score (nSPS) is 14.8. The molecule has 0 aliphatic heterocycles. The van der Waals surface area contributed by atoms with Gasteiger partial charge in [-0.2, -0.15) is 0 Å². The number of benzene rings is 1. The first-order valence-corrected chi connectivity index (χ1v) is 9.80. The standard InChI is InChI=1S/C18H19Cl3FN3O3/c1-27-11-6-12(19)16(13(20)7-11)24-17-18(26)25(8-15(21)23-17)14(10-2-3-10)9-28-5-4-22/h6-8,10,14H,2-5,9H2,1H3,(H,23,24)/t14-/m0/s1. The van der Waals surface area contributed by atoms with Crippen molar-refractivity contribution in [3.8, 4) is 5.75 Å². The second kappa shape index (κ2) is 9.31. The van der Waals surface area contributed by atoms with E-state index in [1.807, 2.05) is 0 Å². The first-order chi connectivity index (χ1) is 13.4. The molecule has 1 heterocycles. The van der Waals surface area contributed by atoms with Gasteiger partial charge >= 0.3 is 0 Å². The fourth-order valence-electron chi connectivity index (χ4n) is 2.90. The monoisotopic (exact) mass is 449 g/mol. The summed E-state index contributed by atoms with van der Waals surface area (Å²) in [6.07, 6.45) is 3.40. The maximum absolute atomic E-state index is 13.0. The first-order valence-electron chi connectivity index (χ1n) is 8.67. The summed E-state index contributed by atoms with van der Waals surface area (Å²) in [6.45, 7) is -0.373. The van der Waals surface area contributed by atoms with E-state index in [4.69, 9.17) is 44.3 Å². The molecule has 0 spiro atoms. The van der Waals surface area contributed by atoms with Crippen LogP contribution in [0.2, 0.25) is 15.2 Å². The van der Waals surface area contributed by atoms with Crippen molar-refractivity contribution in [1.82, 2.24) is 9.55 Å². The summed E-state index contributed by atoms with van der Waals surface area (Å²) < 4.78 is 24.3. The Morgan fingerprint density at radius 1 is 1.32 bits per heavy atom. The average Bonchev–Trinajstić information content (AvgIpc) is 3.49. The van der Waals surface area contributed by atoms with Gasteiger partial charge in [0.05, 0.1) is 42.1 Å². The van der Waals surface area contributed by atoms with Crippen molar-refractivity contribution < 1.29 is 13.9 Å². The lowest BCUT2D eigenvalue weighted by atomic mass is 10.2. The summed E-state index contributed by atoms with van der Waals surface area (Å²) >= 11 is 18.6. The predicted molar refractivity (Wildman–Crippen MR) is 108 cm³/mol. The third-order valence-electron chi connectivity index (χ3n) is 4.43. The van der Waals surface area contributed by atoms with Gasteiger partial charge in [-0.1, -0.05) is 34.8 Å². The number of alkyl halides is 1. The van der Waals surface area contributed by atoms with E-state index in [-0.39, 0.29) is 46.2 Å². The van der Waals surface area contributed by atoms with Crippen LogP contribution in [0.25, 0.3) is 0 Å². The molecule has 1 aliphatic rings. The van der Waals surface area contributed by atoms with Crippen molar-refractivity contribution in [3.63, 3.8) is 0 Å². The highest BCUT2D eigenvalue weighted by molar-refractivity contribution is 6.39. The number of aromatic nitrogens is 2. The number of rotatable bonds is 9. The number of ether oxygens (including phenoxy) is 2. The number of hydrogen-bond donors (Lipinski definition) is 1. The Bertz CT molecular complexity index is 882. The highest BCUT2D eigenvalue weighted by atomic mass is 35.5. The Morgan fingerprint density at radius 3 is 2.57 bits per heavy atom. The van der Waals surface area contributed by atoms with Crippen molar-refractivity contribution >= 4 is 46.3 Å².